The Morgan fingerprint density at radius 2 is 2.08 bits per heavy atom. The van der Waals surface area contributed by atoms with Crippen molar-refractivity contribution < 1.29 is 19.1 Å². The molecular weight excluding hydrogens is 308 g/mol. The Hall–Kier alpha value is -2.89. The van der Waals surface area contributed by atoms with E-state index in [1.165, 1.54) is 11.0 Å². The number of ether oxygens (including phenoxy) is 1. The predicted octanol–water partition coefficient (Wildman–Crippen LogP) is 1.96. The van der Waals surface area contributed by atoms with Gasteiger partial charge in [-0.15, -0.1) is 0 Å². The van der Waals surface area contributed by atoms with E-state index in [1.54, 1.807) is 6.92 Å². The van der Waals surface area contributed by atoms with Crippen molar-refractivity contribution >= 4 is 28.7 Å². The number of para-hydroxylation sites is 1. The standard InChI is InChI=1S/C18H18N2O4/c1-2-24-18(23)13-9-16(21)20(17(22)10-13)8-7-12-11-19-15-6-4-3-5-14(12)15/h3-6,9,11,19H,2,7-8,10H2,1H3. The highest BCUT2D eigenvalue weighted by molar-refractivity contribution is 6.11. The second kappa shape index (κ2) is 6.70. The summed E-state index contributed by atoms with van der Waals surface area (Å²) in [5.41, 5.74) is 2.19. The molecule has 0 fully saturated rings. The van der Waals surface area contributed by atoms with Crippen LogP contribution in [-0.4, -0.2) is 40.8 Å². The van der Waals surface area contributed by atoms with Crippen LogP contribution in [0.25, 0.3) is 10.9 Å². The van der Waals surface area contributed by atoms with Gasteiger partial charge in [0.1, 0.15) is 0 Å². The molecule has 0 bridgehead atoms. The highest BCUT2D eigenvalue weighted by atomic mass is 16.5. The maximum atomic E-state index is 12.2. The molecule has 1 aliphatic rings. The first-order valence-electron chi connectivity index (χ1n) is 7.87. The van der Waals surface area contributed by atoms with E-state index < -0.39 is 11.9 Å². The average molecular weight is 326 g/mol. The number of carbonyl (C=O) groups is 3. The molecule has 6 nitrogen and oxygen atoms in total. The van der Waals surface area contributed by atoms with Crippen LogP contribution in [0.5, 0.6) is 0 Å². The summed E-state index contributed by atoms with van der Waals surface area (Å²) in [6.07, 6.45) is 3.56. The lowest BCUT2D eigenvalue weighted by Crippen LogP contribution is -2.41. The molecule has 2 aromatic rings. The van der Waals surface area contributed by atoms with Gasteiger partial charge in [0.05, 0.1) is 18.6 Å². The number of amides is 2. The Bertz CT molecular complexity index is 834. The molecule has 124 valence electrons. The fraction of sp³-hybridized carbons (Fsp3) is 0.278. The molecule has 1 N–H and O–H groups in total. The van der Waals surface area contributed by atoms with Crippen LogP contribution >= 0.6 is 0 Å². The minimum atomic E-state index is -0.601. The maximum Gasteiger partial charge on any atom is 0.334 e. The summed E-state index contributed by atoms with van der Waals surface area (Å²) in [5, 5.41) is 1.08. The molecule has 0 saturated heterocycles. The van der Waals surface area contributed by atoms with Gasteiger partial charge >= 0.3 is 5.97 Å². The molecule has 3 rings (SSSR count). The molecule has 0 saturated carbocycles. The molecule has 2 amide bonds. The van der Waals surface area contributed by atoms with E-state index in [2.05, 4.69) is 4.98 Å². The fourth-order valence-corrected chi connectivity index (χ4v) is 2.82. The molecule has 1 aromatic carbocycles. The number of nitrogens with zero attached hydrogens (tertiary/aromatic N) is 1. The van der Waals surface area contributed by atoms with Gasteiger partial charge in [0.15, 0.2) is 0 Å². The molecule has 24 heavy (non-hydrogen) atoms. The van der Waals surface area contributed by atoms with Crippen LogP contribution in [-0.2, 0) is 25.5 Å². The number of benzene rings is 1. The summed E-state index contributed by atoms with van der Waals surface area (Å²) in [7, 11) is 0. The Kier molecular flexibility index (Phi) is 4.46. The van der Waals surface area contributed by atoms with Crippen LogP contribution in [0.3, 0.4) is 0 Å². The second-order valence-corrected chi connectivity index (χ2v) is 5.56. The third-order valence-electron chi connectivity index (χ3n) is 4.02. The zero-order chi connectivity index (χ0) is 17.1. The lowest BCUT2D eigenvalue weighted by atomic mass is 10.1. The van der Waals surface area contributed by atoms with Crippen molar-refractivity contribution in [1.82, 2.24) is 9.88 Å². The molecular formula is C18H18N2O4. The smallest absolute Gasteiger partial charge is 0.334 e. The van der Waals surface area contributed by atoms with Gasteiger partial charge in [0, 0.05) is 29.7 Å². The van der Waals surface area contributed by atoms with Crippen LogP contribution < -0.4 is 0 Å². The van der Waals surface area contributed by atoms with Gasteiger partial charge < -0.3 is 9.72 Å². The largest absolute Gasteiger partial charge is 0.463 e. The summed E-state index contributed by atoms with van der Waals surface area (Å²) in [4.78, 5) is 40.4. The number of imide groups is 1. The van der Waals surface area contributed by atoms with Gasteiger partial charge in [0.25, 0.3) is 5.91 Å². The number of aromatic nitrogens is 1. The highest BCUT2D eigenvalue weighted by Crippen LogP contribution is 2.20. The molecule has 2 heterocycles. The number of hydrogen-bond acceptors (Lipinski definition) is 4. The van der Waals surface area contributed by atoms with Gasteiger partial charge in [0.2, 0.25) is 5.91 Å². The highest BCUT2D eigenvalue weighted by Gasteiger charge is 2.29. The SMILES string of the molecule is CCOC(=O)C1=CC(=O)N(CCc2c[nH]c3ccccc23)C(=O)C1. The predicted molar refractivity (Wildman–Crippen MR) is 88.1 cm³/mol. The van der Waals surface area contributed by atoms with Gasteiger partial charge in [-0.3, -0.25) is 14.5 Å². The molecule has 0 atom stereocenters. The third kappa shape index (κ3) is 3.08. The number of carbonyl (C=O) groups excluding carboxylic acids is 3. The summed E-state index contributed by atoms with van der Waals surface area (Å²) < 4.78 is 4.85. The molecule has 0 aliphatic carbocycles. The van der Waals surface area contributed by atoms with E-state index in [0.717, 1.165) is 16.5 Å². The van der Waals surface area contributed by atoms with E-state index in [-0.39, 0.29) is 31.1 Å². The number of esters is 1. The van der Waals surface area contributed by atoms with Gasteiger partial charge in [-0.1, -0.05) is 18.2 Å². The summed E-state index contributed by atoms with van der Waals surface area (Å²) >= 11 is 0. The van der Waals surface area contributed by atoms with E-state index in [9.17, 15) is 14.4 Å². The van der Waals surface area contributed by atoms with Crippen molar-refractivity contribution in [3.05, 3.63) is 47.7 Å². The van der Waals surface area contributed by atoms with Crippen LogP contribution in [0.2, 0.25) is 0 Å². The van der Waals surface area contributed by atoms with E-state index in [4.69, 9.17) is 4.74 Å². The van der Waals surface area contributed by atoms with Gasteiger partial charge in [-0.2, -0.15) is 0 Å². The monoisotopic (exact) mass is 326 g/mol. The normalized spacial score (nSPS) is 14.9. The Morgan fingerprint density at radius 3 is 2.83 bits per heavy atom. The van der Waals surface area contributed by atoms with Gasteiger partial charge in [-0.05, 0) is 25.0 Å². The van der Waals surface area contributed by atoms with Crippen LogP contribution in [0.1, 0.15) is 18.9 Å². The minimum Gasteiger partial charge on any atom is -0.463 e. The topological polar surface area (TPSA) is 79.5 Å². The molecule has 0 radical (unpaired) electrons. The summed E-state index contributed by atoms with van der Waals surface area (Å²) in [6, 6.07) is 7.87. The number of hydrogen-bond donors (Lipinski definition) is 1. The summed E-state index contributed by atoms with van der Waals surface area (Å²) in [6.45, 7) is 2.17. The minimum absolute atomic E-state index is 0.0988. The maximum absolute atomic E-state index is 12.2. The van der Waals surface area contributed by atoms with E-state index in [1.807, 2.05) is 30.5 Å². The third-order valence-corrected chi connectivity index (χ3v) is 4.02. The van der Waals surface area contributed by atoms with Crippen LogP contribution in [0, 0.1) is 0 Å². The number of fused-ring (bicyclic) bond motifs is 1. The number of rotatable bonds is 5. The van der Waals surface area contributed by atoms with Crippen molar-refractivity contribution in [1.29, 1.82) is 0 Å². The Morgan fingerprint density at radius 1 is 1.29 bits per heavy atom. The average Bonchev–Trinajstić information content (AvgIpc) is 2.97. The second-order valence-electron chi connectivity index (χ2n) is 5.56. The fourth-order valence-electron chi connectivity index (χ4n) is 2.82. The Labute approximate surface area is 139 Å². The molecule has 0 unspecified atom stereocenters. The van der Waals surface area contributed by atoms with Crippen molar-refractivity contribution in [3.8, 4) is 0 Å². The van der Waals surface area contributed by atoms with E-state index in [0.29, 0.717) is 6.42 Å². The van der Waals surface area contributed by atoms with Crippen molar-refractivity contribution in [2.75, 3.05) is 13.2 Å². The molecule has 1 aromatic heterocycles. The quantitative estimate of drug-likeness (QED) is 0.673. The van der Waals surface area contributed by atoms with Crippen molar-refractivity contribution in [2.24, 2.45) is 0 Å². The lowest BCUT2D eigenvalue weighted by Gasteiger charge is -2.23. The van der Waals surface area contributed by atoms with Crippen LogP contribution in [0.15, 0.2) is 42.1 Å². The first kappa shape index (κ1) is 16.0. The lowest BCUT2D eigenvalue weighted by molar-refractivity contribution is -0.146. The van der Waals surface area contributed by atoms with E-state index >= 15 is 0 Å². The van der Waals surface area contributed by atoms with Crippen molar-refractivity contribution in [3.63, 3.8) is 0 Å². The number of nitrogens with one attached hydrogen (secondary N) is 1. The molecule has 0 spiro atoms. The molecule has 1 aliphatic heterocycles. The zero-order valence-corrected chi connectivity index (χ0v) is 13.4. The number of aromatic amines is 1. The summed E-state index contributed by atoms with van der Waals surface area (Å²) in [5.74, 6) is -1.44. The first-order chi connectivity index (χ1) is 11.6. The van der Waals surface area contributed by atoms with Crippen LogP contribution in [0.4, 0.5) is 0 Å². The molecule has 6 heteroatoms. The van der Waals surface area contributed by atoms with Gasteiger partial charge in [-0.25, -0.2) is 4.79 Å². The Balaban J connectivity index is 1.71. The van der Waals surface area contributed by atoms with Crippen molar-refractivity contribution in [2.45, 2.75) is 19.8 Å². The number of H-pyrrole nitrogens is 1. The zero-order valence-electron chi connectivity index (χ0n) is 13.4. The first-order valence-corrected chi connectivity index (χ1v) is 7.87.